The summed E-state index contributed by atoms with van der Waals surface area (Å²) in [7, 11) is 1.50. The third kappa shape index (κ3) is 2.86. The second-order valence-corrected chi connectivity index (χ2v) is 4.08. The van der Waals surface area contributed by atoms with E-state index in [9.17, 15) is 14.7 Å². The molecule has 0 aliphatic heterocycles. The van der Waals surface area contributed by atoms with Gasteiger partial charge in [0.1, 0.15) is 11.4 Å². The molecule has 0 spiro atoms. The van der Waals surface area contributed by atoms with E-state index in [2.05, 4.69) is 10.2 Å². The number of hydrogen-bond donors (Lipinski definition) is 2. The fraction of sp³-hybridized carbons (Fsp3) is 0.214. The third-order valence-electron chi connectivity index (χ3n) is 2.78. The number of carbonyl (C=O) groups is 1. The van der Waals surface area contributed by atoms with Crippen molar-refractivity contribution in [2.24, 2.45) is 0 Å². The highest BCUT2D eigenvalue weighted by Crippen LogP contribution is 2.30. The van der Waals surface area contributed by atoms with Gasteiger partial charge in [0.15, 0.2) is 11.3 Å². The first kappa shape index (κ1) is 14.6. The van der Waals surface area contributed by atoms with Crippen molar-refractivity contribution in [1.29, 1.82) is 0 Å². The zero-order chi connectivity index (χ0) is 15.4. The molecule has 0 amide bonds. The van der Waals surface area contributed by atoms with Gasteiger partial charge in [0, 0.05) is 5.56 Å². The maximum atomic E-state index is 11.7. The molecule has 0 bridgehead atoms. The summed E-state index contributed by atoms with van der Waals surface area (Å²) >= 11 is 0. The number of ether oxygens (including phenoxy) is 2. The number of benzene rings is 1. The van der Waals surface area contributed by atoms with E-state index in [4.69, 9.17) is 9.47 Å². The number of carbonyl (C=O) groups excluding carboxylic acids is 1. The van der Waals surface area contributed by atoms with Gasteiger partial charge in [0.2, 0.25) is 0 Å². The lowest BCUT2D eigenvalue weighted by molar-refractivity contribution is 0.0520. The summed E-state index contributed by atoms with van der Waals surface area (Å²) in [4.78, 5) is 23.4. The molecule has 7 nitrogen and oxygen atoms in total. The summed E-state index contributed by atoms with van der Waals surface area (Å²) < 4.78 is 9.84. The van der Waals surface area contributed by atoms with Gasteiger partial charge in [-0.15, -0.1) is 0 Å². The molecule has 0 saturated carbocycles. The molecule has 1 aromatic carbocycles. The first-order valence-corrected chi connectivity index (χ1v) is 6.21. The molecule has 2 aromatic rings. The zero-order valence-electron chi connectivity index (χ0n) is 11.5. The number of aromatic hydroxyl groups is 1. The van der Waals surface area contributed by atoms with Gasteiger partial charge in [-0.3, -0.25) is 4.79 Å². The molecule has 0 unspecified atom stereocenters. The lowest BCUT2D eigenvalue weighted by atomic mass is 10.1. The summed E-state index contributed by atoms with van der Waals surface area (Å²) in [6, 6.07) is 6.70. The van der Waals surface area contributed by atoms with Gasteiger partial charge in [-0.25, -0.2) is 9.89 Å². The Morgan fingerprint density at radius 1 is 1.43 bits per heavy atom. The van der Waals surface area contributed by atoms with Gasteiger partial charge in [-0.05, 0) is 19.1 Å². The van der Waals surface area contributed by atoms with Crippen LogP contribution in [0, 0.1) is 0 Å². The topological polar surface area (TPSA) is 102 Å². The fourth-order valence-corrected chi connectivity index (χ4v) is 1.81. The Morgan fingerprint density at radius 2 is 2.19 bits per heavy atom. The van der Waals surface area contributed by atoms with E-state index in [0.29, 0.717) is 11.3 Å². The number of aromatic amines is 1. The minimum Gasteiger partial charge on any atom is -0.505 e. The van der Waals surface area contributed by atoms with Crippen LogP contribution in [0.3, 0.4) is 0 Å². The van der Waals surface area contributed by atoms with Crippen LogP contribution >= 0.6 is 0 Å². The molecule has 0 saturated heterocycles. The summed E-state index contributed by atoms with van der Waals surface area (Å²) in [6.45, 7) is 1.70. The van der Waals surface area contributed by atoms with Gasteiger partial charge >= 0.3 is 5.97 Å². The maximum Gasteiger partial charge on any atom is 0.347 e. The predicted molar refractivity (Wildman–Crippen MR) is 74.5 cm³/mol. The van der Waals surface area contributed by atoms with Crippen LogP contribution in [0.5, 0.6) is 11.5 Å². The third-order valence-corrected chi connectivity index (χ3v) is 2.78. The summed E-state index contributed by atoms with van der Waals surface area (Å²) in [6.07, 6.45) is 0. The second-order valence-electron chi connectivity index (χ2n) is 4.08. The SMILES string of the molecule is CCOC(=O)c1c(O)c(-c2cccc(OC)c2)n[nH]c1=O. The lowest BCUT2D eigenvalue weighted by Gasteiger charge is -2.08. The van der Waals surface area contributed by atoms with Crippen LogP contribution < -0.4 is 10.3 Å². The fourth-order valence-electron chi connectivity index (χ4n) is 1.81. The molecule has 0 radical (unpaired) electrons. The Labute approximate surface area is 120 Å². The lowest BCUT2D eigenvalue weighted by Crippen LogP contribution is -2.21. The van der Waals surface area contributed by atoms with Gasteiger partial charge in [0.05, 0.1) is 13.7 Å². The van der Waals surface area contributed by atoms with Crippen molar-refractivity contribution < 1.29 is 19.4 Å². The number of rotatable bonds is 4. The van der Waals surface area contributed by atoms with E-state index in [0.717, 1.165) is 0 Å². The first-order chi connectivity index (χ1) is 10.1. The van der Waals surface area contributed by atoms with Crippen LogP contribution in [0.15, 0.2) is 29.1 Å². The molecule has 21 heavy (non-hydrogen) atoms. The predicted octanol–water partition coefficient (Wildman–Crippen LogP) is 1.33. The highest BCUT2D eigenvalue weighted by Gasteiger charge is 2.22. The molecule has 0 fully saturated rings. The highest BCUT2D eigenvalue weighted by atomic mass is 16.5. The maximum absolute atomic E-state index is 11.7. The van der Waals surface area contributed by atoms with Crippen LogP contribution in [0.2, 0.25) is 0 Å². The number of H-pyrrole nitrogens is 1. The van der Waals surface area contributed by atoms with E-state index in [1.54, 1.807) is 31.2 Å². The molecule has 110 valence electrons. The molecule has 0 aliphatic rings. The Balaban J connectivity index is 2.58. The quantitative estimate of drug-likeness (QED) is 0.824. The van der Waals surface area contributed by atoms with Crippen molar-refractivity contribution in [3.63, 3.8) is 0 Å². The Hall–Kier alpha value is -2.83. The van der Waals surface area contributed by atoms with Crippen LogP contribution in [0.4, 0.5) is 0 Å². The van der Waals surface area contributed by atoms with Crippen LogP contribution in [-0.2, 0) is 4.74 Å². The van der Waals surface area contributed by atoms with Gasteiger partial charge in [0.25, 0.3) is 5.56 Å². The van der Waals surface area contributed by atoms with Crippen molar-refractivity contribution >= 4 is 5.97 Å². The van der Waals surface area contributed by atoms with Crippen molar-refractivity contribution in [2.45, 2.75) is 6.92 Å². The van der Waals surface area contributed by atoms with E-state index in [1.807, 2.05) is 0 Å². The first-order valence-electron chi connectivity index (χ1n) is 6.21. The van der Waals surface area contributed by atoms with Gasteiger partial charge in [-0.2, -0.15) is 5.10 Å². The molecule has 7 heteroatoms. The number of hydrogen-bond acceptors (Lipinski definition) is 6. The van der Waals surface area contributed by atoms with Crippen molar-refractivity contribution in [3.05, 3.63) is 40.2 Å². The minimum atomic E-state index is -0.900. The van der Waals surface area contributed by atoms with Crippen LogP contribution in [0.25, 0.3) is 11.3 Å². The summed E-state index contributed by atoms with van der Waals surface area (Å²) in [5.41, 5.74) is -0.715. The van der Waals surface area contributed by atoms with Crippen molar-refractivity contribution in [2.75, 3.05) is 13.7 Å². The van der Waals surface area contributed by atoms with Gasteiger partial charge < -0.3 is 14.6 Å². The number of aromatic nitrogens is 2. The van der Waals surface area contributed by atoms with Gasteiger partial charge in [-0.1, -0.05) is 12.1 Å². The zero-order valence-corrected chi connectivity index (χ0v) is 11.5. The van der Waals surface area contributed by atoms with Crippen molar-refractivity contribution in [3.8, 4) is 22.8 Å². The average Bonchev–Trinajstić information content (AvgIpc) is 2.47. The molecule has 0 aliphatic carbocycles. The molecule has 0 atom stereocenters. The smallest absolute Gasteiger partial charge is 0.347 e. The largest absolute Gasteiger partial charge is 0.505 e. The molecule has 1 aromatic heterocycles. The molecular formula is C14H14N2O5. The number of esters is 1. The Kier molecular flexibility index (Phi) is 4.22. The molecular weight excluding hydrogens is 276 g/mol. The standard InChI is InChI=1S/C14H14N2O5/c1-3-21-14(19)10-12(17)11(15-16-13(10)18)8-5-4-6-9(7-8)20-2/h4-7H,3H2,1-2H3,(H2,16,17,18). The molecule has 1 heterocycles. The molecule has 2 N–H and O–H groups in total. The minimum absolute atomic E-state index is 0.0663. The number of nitrogens with one attached hydrogen (secondary N) is 1. The van der Waals surface area contributed by atoms with Crippen LogP contribution in [-0.4, -0.2) is 35.0 Å². The normalized spacial score (nSPS) is 10.2. The van der Waals surface area contributed by atoms with Crippen molar-refractivity contribution in [1.82, 2.24) is 10.2 Å². The average molecular weight is 290 g/mol. The van der Waals surface area contributed by atoms with E-state index >= 15 is 0 Å². The monoisotopic (exact) mass is 290 g/mol. The van der Waals surface area contributed by atoms with E-state index < -0.39 is 22.8 Å². The van der Waals surface area contributed by atoms with E-state index in [-0.39, 0.29) is 12.3 Å². The number of nitrogens with zero attached hydrogens (tertiary/aromatic N) is 1. The number of methoxy groups -OCH3 is 1. The summed E-state index contributed by atoms with van der Waals surface area (Å²) in [5.74, 6) is -0.870. The highest BCUT2D eigenvalue weighted by molar-refractivity contribution is 5.94. The Morgan fingerprint density at radius 3 is 2.86 bits per heavy atom. The molecule has 2 rings (SSSR count). The summed E-state index contributed by atoms with van der Waals surface area (Å²) in [5, 5.41) is 16.1. The second kappa shape index (κ2) is 6.08. The van der Waals surface area contributed by atoms with E-state index in [1.165, 1.54) is 7.11 Å². The van der Waals surface area contributed by atoms with Crippen LogP contribution in [0.1, 0.15) is 17.3 Å². The Bertz CT molecular complexity index is 724.